The molecule has 2 aromatic carbocycles. The number of nitrogens with one attached hydrogen (secondary N) is 1. The summed E-state index contributed by atoms with van der Waals surface area (Å²) in [6.07, 6.45) is 8.64. The second-order valence-electron chi connectivity index (χ2n) is 7.42. The van der Waals surface area contributed by atoms with E-state index in [2.05, 4.69) is 42.2 Å². The molecule has 154 valence electrons. The van der Waals surface area contributed by atoms with Crippen LogP contribution in [0.5, 0.6) is 0 Å². The predicted octanol–water partition coefficient (Wildman–Crippen LogP) is 5.31. The molecule has 0 aliphatic carbocycles. The summed E-state index contributed by atoms with van der Waals surface area (Å²) in [5.41, 5.74) is 1.06. The van der Waals surface area contributed by atoms with Crippen LogP contribution in [0.25, 0.3) is 0 Å². The highest BCUT2D eigenvalue weighted by Gasteiger charge is 2.23. The van der Waals surface area contributed by atoms with Gasteiger partial charge < -0.3 is 0 Å². The van der Waals surface area contributed by atoms with Crippen LogP contribution in [0, 0.1) is 6.92 Å². The van der Waals surface area contributed by atoms with Gasteiger partial charge in [0.2, 0.25) is 10.0 Å². The molecule has 0 heterocycles. The van der Waals surface area contributed by atoms with Gasteiger partial charge in [0, 0.05) is 23.4 Å². The Morgan fingerprint density at radius 1 is 0.929 bits per heavy atom. The van der Waals surface area contributed by atoms with Gasteiger partial charge in [-0.05, 0) is 37.6 Å². The Balaban J connectivity index is 2.02. The van der Waals surface area contributed by atoms with E-state index in [1.54, 1.807) is 12.1 Å². The molecule has 0 radical (unpaired) electrons. The summed E-state index contributed by atoms with van der Waals surface area (Å²) >= 11 is 0. The molecule has 3 nitrogen and oxygen atoms in total. The Kier molecular flexibility index (Phi) is 9.56. The van der Waals surface area contributed by atoms with Crippen LogP contribution >= 0.6 is 0 Å². The molecule has 0 amide bonds. The average Bonchev–Trinajstić information content (AvgIpc) is 2.69. The van der Waals surface area contributed by atoms with E-state index in [1.165, 1.54) is 17.7 Å². The van der Waals surface area contributed by atoms with Crippen molar-refractivity contribution in [3.8, 4) is 0 Å². The molecule has 0 bridgehead atoms. The molecule has 0 spiro atoms. The lowest BCUT2D eigenvalue weighted by molar-refractivity contribution is 0.492. The van der Waals surface area contributed by atoms with Gasteiger partial charge in [-0.1, -0.05) is 68.5 Å². The molecular weight excluding hydrogens is 386 g/mol. The number of unbranched alkanes of at least 4 members (excludes halogenated alkanes) is 3. The molecular formula is C23H34NO2S2+. The average molecular weight is 421 g/mol. The summed E-state index contributed by atoms with van der Waals surface area (Å²) in [7, 11) is -3.35. The Morgan fingerprint density at radius 3 is 2.25 bits per heavy atom. The molecule has 5 heteroatoms. The highest BCUT2D eigenvalue weighted by atomic mass is 32.2. The molecule has 2 aromatic rings. The lowest BCUT2D eigenvalue weighted by Crippen LogP contribution is -2.36. The second-order valence-corrected chi connectivity index (χ2v) is 11.3. The highest BCUT2D eigenvalue weighted by Crippen LogP contribution is 2.18. The van der Waals surface area contributed by atoms with Gasteiger partial charge in [0.1, 0.15) is 12.0 Å². The monoisotopic (exact) mass is 420 g/mol. The summed E-state index contributed by atoms with van der Waals surface area (Å²) < 4.78 is 28.7. The van der Waals surface area contributed by atoms with Crippen molar-refractivity contribution < 1.29 is 8.42 Å². The van der Waals surface area contributed by atoms with E-state index in [1.807, 2.05) is 25.1 Å². The van der Waals surface area contributed by atoms with Crippen LogP contribution in [-0.4, -0.2) is 26.5 Å². The van der Waals surface area contributed by atoms with Crippen molar-refractivity contribution in [3.63, 3.8) is 0 Å². The van der Waals surface area contributed by atoms with Gasteiger partial charge in [-0.3, -0.25) is 0 Å². The normalized spacial score (nSPS) is 14.0. The first-order valence-corrected chi connectivity index (χ1v) is 13.5. The molecule has 0 fully saturated rings. The summed E-state index contributed by atoms with van der Waals surface area (Å²) in [5, 5.41) is 0. The third-order valence-corrected chi connectivity index (χ3v) is 8.44. The maximum atomic E-state index is 12.8. The third kappa shape index (κ3) is 7.61. The minimum absolute atomic E-state index is 0.0122. The van der Waals surface area contributed by atoms with Crippen molar-refractivity contribution >= 4 is 20.9 Å². The van der Waals surface area contributed by atoms with Crippen LogP contribution in [0.2, 0.25) is 0 Å². The van der Waals surface area contributed by atoms with E-state index in [9.17, 15) is 8.42 Å². The number of rotatable bonds is 12. The molecule has 0 aliphatic heterocycles. The maximum Gasteiger partial charge on any atom is 0.240 e. The molecule has 2 atom stereocenters. The van der Waals surface area contributed by atoms with Crippen molar-refractivity contribution in [2.45, 2.75) is 68.2 Å². The molecule has 0 saturated carbocycles. The predicted molar refractivity (Wildman–Crippen MR) is 122 cm³/mol. The first-order chi connectivity index (χ1) is 13.4. The number of sulfonamides is 1. The van der Waals surface area contributed by atoms with Crippen molar-refractivity contribution in [1.82, 2.24) is 4.72 Å². The second kappa shape index (κ2) is 11.6. The van der Waals surface area contributed by atoms with Crippen LogP contribution in [0.1, 0.15) is 51.0 Å². The van der Waals surface area contributed by atoms with E-state index in [0.717, 1.165) is 37.0 Å². The zero-order chi connectivity index (χ0) is 20.4. The van der Waals surface area contributed by atoms with Crippen molar-refractivity contribution in [3.05, 3.63) is 60.2 Å². The van der Waals surface area contributed by atoms with E-state index < -0.39 is 10.0 Å². The molecule has 0 saturated heterocycles. The Hall–Kier alpha value is -1.30. The maximum absolute atomic E-state index is 12.8. The molecule has 0 aliphatic rings. The fraction of sp³-hybridized carbons (Fsp3) is 0.478. The van der Waals surface area contributed by atoms with Crippen LogP contribution in [-0.2, 0) is 20.9 Å². The molecule has 28 heavy (non-hydrogen) atoms. The van der Waals surface area contributed by atoms with Crippen molar-refractivity contribution in [1.29, 1.82) is 0 Å². The van der Waals surface area contributed by atoms with Gasteiger partial charge in [0.05, 0.1) is 4.90 Å². The lowest BCUT2D eigenvalue weighted by atomic mass is 10.1. The molecule has 1 unspecified atom stereocenters. The third-order valence-electron chi connectivity index (χ3n) is 4.98. The minimum Gasteiger partial charge on any atom is -0.208 e. The fourth-order valence-electron chi connectivity index (χ4n) is 3.17. The number of benzene rings is 2. The van der Waals surface area contributed by atoms with E-state index in [-0.39, 0.29) is 16.9 Å². The number of hydrogen-bond donors (Lipinski definition) is 1. The van der Waals surface area contributed by atoms with Gasteiger partial charge in [-0.25, -0.2) is 13.1 Å². The molecule has 0 aromatic heterocycles. The Labute approximate surface area is 174 Å². The SMILES string of the molecule is CCCCCC[C@H](CC[S+](C)c1ccccc1)NS(=O)(=O)c1ccc(C)cc1. The summed E-state index contributed by atoms with van der Waals surface area (Å²) in [5.74, 6) is 0.999. The van der Waals surface area contributed by atoms with Crippen LogP contribution in [0.4, 0.5) is 0 Å². The largest absolute Gasteiger partial charge is 0.240 e. The van der Waals surface area contributed by atoms with Gasteiger partial charge in [-0.15, -0.1) is 0 Å². The first kappa shape index (κ1) is 23.0. The van der Waals surface area contributed by atoms with Crippen LogP contribution in [0.15, 0.2) is 64.4 Å². The number of aryl methyl sites for hydroxylation is 1. The minimum atomic E-state index is -3.48. The Bertz CT molecular complexity index is 789. The lowest BCUT2D eigenvalue weighted by Gasteiger charge is -2.18. The van der Waals surface area contributed by atoms with Gasteiger partial charge in [0.15, 0.2) is 4.90 Å². The van der Waals surface area contributed by atoms with Gasteiger partial charge in [-0.2, -0.15) is 0 Å². The zero-order valence-corrected chi connectivity index (χ0v) is 19.0. The summed E-state index contributed by atoms with van der Waals surface area (Å²) in [6.45, 7) is 4.16. The molecule has 2 rings (SSSR count). The highest BCUT2D eigenvalue weighted by molar-refractivity contribution is 7.96. The Morgan fingerprint density at radius 2 is 1.61 bits per heavy atom. The standard InChI is InChI=1S/C23H34NO2S2/c1-4-5-6-8-11-21(18-19-27(3)22-12-9-7-10-13-22)24-28(25,26)23-16-14-20(2)15-17-23/h7,9-10,12-17,21,24H,4-6,8,11,18-19H2,1-3H3/q+1/t21-,27?/m1/s1. The van der Waals surface area contributed by atoms with Crippen molar-refractivity contribution in [2.75, 3.05) is 12.0 Å². The van der Waals surface area contributed by atoms with Crippen molar-refractivity contribution in [2.24, 2.45) is 0 Å². The van der Waals surface area contributed by atoms with Crippen LogP contribution in [0.3, 0.4) is 0 Å². The summed E-state index contributed by atoms with van der Waals surface area (Å²) in [4.78, 5) is 1.70. The fourth-order valence-corrected chi connectivity index (χ4v) is 5.97. The molecule has 1 N–H and O–H groups in total. The van der Waals surface area contributed by atoms with Gasteiger partial charge >= 0.3 is 0 Å². The smallest absolute Gasteiger partial charge is 0.208 e. The van der Waals surface area contributed by atoms with E-state index in [0.29, 0.717) is 4.90 Å². The van der Waals surface area contributed by atoms with Gasteiger partial charge in [0.25, 0.3) is 0 Å². The van der Waals surface area contributed by atoms with E-state index >= 15 is 0 Å². The first-order valence-electron chi connectivity index (χ1n) is 10.2. The zero-order valence-electron chi connectivity index (χ0n) is 17.4. The topological polar surface area (TPSA) is 46.2 Å². The van der Waals surface area contributed by atoms with Crippen LogP contribution < -0.4 is 4.72 Å². The quantitative estimate of drug-likeness (QED) is 0.374. The van der Waals surface area contributed by atoms with E-state index in [4.69, 9.17) is 0 Å². The number of hydrogen-bond acceptors (Lipinski definition) is 2. The summed E-state index contributed by atoms with van der Waals surface area (Å²) in [6, 6.07) is 17.6.